The van der Waals surface area contributed by atoms with Gasteiger partial charge in [-0.25, -0.2) is 0 Å². The van der Waals surface area contributed by atoms with E-state index in [9.17, 15) is 5.11 Å². The van der Waals surface area contributed by atoms with Crippen molar-refractivity contribution in [3.8, 4) is 11.5 Å². The molecule has 0 bridgehead atoms. The van der Waals surface area contributed by atoms with Crippen LogP contribution in [0.3, 0.4) is 0 Å². The molecule has 0 amide bonds. The molecule has 106 valence electrons. The molecule has 3 heteroatoms. The van der Waals surface area contributed by atoms with Crippen molar-refractivity contribution in [2.45, 2.75) is 6.54 Å². The second-order valence-corrected chi connectivity index (χ2v) is 4.87. The van der Waals surface area contributed by atoms with Gasteiger partial charge in [-0.1, -0.05) is 36.4 Å². The van der Waals surface area contributed by atoms with Gasteiger partial charge in [-0.15, -0.1) is 0 Å². The Balaban J connectivity index is 1.95. The van der Waals surface area contributed by atoms with Crippen LogP contribution in [0.25, 0.3) is 10.8 Å². The molecule has 3 aromatic carbocycles. The zero-order valence-corrected chi connectivity index (χ0v) is 11.8. The third kappa shape index (κ3) is 2.77. The van der Waals surface area contributed by atoms with Crippen LogP contribution in [0.1, 0.15) is 5.56 Å². The van der Waals surface area contributed by atoms with E-state index in [-0.39, 0.29) is 5.75 Å². The first-order chi connectivity index (χ1) is 10.3. The van der Waals surface area contributed by atoms with E-state index in [2.05, 4.69) is 23.5 Å². The van der Waals surface area contributed by atoms with Crippen molar-refractivity contribution >= 4 is 16.5 Å². The summed E-state index contributed by atoms with van der Waals surface area (Å²) in [5.41, 5.74) is 1.99. The van der Waals surface area contributed by atoms with Crippen molar-refractivity contribution in [2.75, 3.05) is 12.4 Å². The summed E-state index contributed by atoms with van der Waals surface area (Å²) in [6, 6.07) is 19.4. The van der Waals surface area contributed by atoms with E-state index in [0.717, 1.165) is 17.0 Å². The highest BCUT2D eigenvalue weighted by Gasteiger charge is 2.08. The maximum absolute atomic E-state index is 9.52. The number of nitrogens with one attached hydrogen (secondary N) is 1. The highest BCUT2D eigenvalue weighted by Crippen LogP contribution is 2.29. The molecule has 3 nitrogen and oxygen atoms in total. The minimum Gasteiger partial charge on any atom is -0.508 e. The molecule has 0 fully saturated rings. The number of benzene rings is 3. The number of rotatable bonds is 4. The lowest BCUT2D eigenvalue weighted by Crippen LogP contribution is -2.02. The molecule has 0 radical (unpaired) electrons. The summed E-state index contributed by atoms with van der Waals surface area (Å²) in [6.07, 6.45) is 0. The van der Waals surface area contributed by atoms with E-state index in [1.54, 1.807) is 19.2 Å². The number of phenols is 1. The average Bonchev–Trinajstić information content (AvgIpc) is 2.52. The molecule has 0 unspecified atom stereocenters. The van der Waals surface area contributed by atoms with Crippen LogP contribution < -0.4 is 10.1 Å². The number of fused-ring (bicyclic) bond motifs is 1. The summed E-state index contributed by atoms with van der Waals surface area (Å²) in [5, 5.41) is 15.2. The van der Waals surface area contributed by atoms with Gasteiger partial charge in [0.25, 0.3) is 0 Å². The molecule has 0 atom stereocenters. The fourth-order valence-corrected chi connectivity index (χ4v) is 2.50. The average molecular weight is 279 g/mol. The van der Waals surface area contributed by atoms with Crippen LogP contribution in [-0.4, -0.2) is 12.2 Å². The minimum atomic E-state index is 0.255. The van der Waals surface area contributed by atoms with Crippen LogP contribution in [0.5, 0.6) is 11.5 Å². The maximum Gasteiger partial charge on any atom is 0.124 e. The Kier molecular flexibility index (Phi) is 3.65. The Labute approximate surface area is 123 Å². The number of phenolic OH excluding ortho intramolecular Hbond substituents is 1. The Bertz CT molecular complexity index is 768. The molecule has 0 aliphatic carbocycles. The minimum absolute atomic E-state index is 0.255. The van der Waals surface area contributed by atoms with Crippen LogP contribution in [0.15, 0.2) is 60.7 Å². The Morgan fingerprint density at radius 3 is 2.67 bits per heavy atom. The predicted molar refractivity (Wildman–Crippen MR) is 85.9 cm³/mol. The SMILES string of the molecule is COc1ccc2ccccc2c1CNc1cccc(O)c1. The number of hydrogen-bond donors (Lipinski definition) is 2. The molecule has 0 saturated heterocycles. The standard InChI is InChI=1S/C18H17NO2/c1-21-18-10-9-13-5-2-3-8-16(13)17(18)12-19-14-6-4-7-15(20)11-14/h2-11,19-20H,12H2,1H3. The van der Waals surface area contributed by atoms with Crippen molar-refractivity contribution in [3.63, 3.8) is 0 Å². The highest BCUT2D eigenvalue weighted by molar-refractivity contribution is 5.88. The monoisotopic (exact) mass is 279 g/mol. The molecular formula is C18H17NO2. The second kappa shape index (κ2) is 5.75. The van der Waals surface area contributed by atoms with E-state index in [4.69, 9.17) is 4.74 Å². The molecule has 21 heavy (non-hydrogen) atoms. The highest BCUT2D eigenvalue weighted by atomic mass is 16.5. The molecule has 0 aliphatic heterocycles. The van der Waals surface area contributed by atoms with Crippen molar-refractivity contribution in [2.24, 2.45) is 0 Å². The third-order valence-electron chi connectivity index (χ3n) is 3.53. The van der Waals surface area contributed by atoms with Crippen molar-refractivity contribution in [1.29, 1.82) is 0 Å². The normalized spacial score (nSPS) is 10.5. The second-order valence-electron chi connectivity index (χ2n) is 4.87. The molecule has 0 heterocycles. The van der Waals surface area contributed by atoms with Crippen molar-refractivity contribution in [3.05, 3.63) is 66.2 Å². The summed E-state index contributed by atoms with van der Waals surface area (Å²) in [4.78, 5) is 0. The molecule has 3 aromatic rings. The van der Waals surface area contributed by atoms with Gasteiger partial charge in [-0.2, -0.15) is 0 Å². The first kappa shape index (κ1) is 13.3. The lowest BCUT2D eigenvalue weighted by molar-refractivity contribution is 0.411. The van der Waals surface area contributed by atoms with Crippen LogP contribution >= 0.6 is 0 Å². The summed E-state index contributed by atoms with van der Waals surface area (Å²) in [7, 11) is 1.68. The summed E-state index contributed by atoms with van der Waals surface area (Å²) in [5.74, 6) is 1.12. The quantitative estimate of drug-likeness (QED) is 0.753. The molecule has 0 saturated carbocycles. The molecule has 0 aromatic heterocycles. The van der Waals surface area contributed by atoms with Crippen LogP contribution in [-0.2, 0) is 6.54 Å². The van der Waals surface area contributed by atoms with E-state index in [1.807, 2.05) is 30.3 Å². The molecule has 0 aliphatic rings. The summed E-state index contributed by atoms with van der Waals surface area (Å²) >= 11 is 0. The van der Waals surface area contributed by atoms with E-state index in [1.165, 1.54) is 10.8 Å². The lowest BCUT2D eigenvalue weighted by atomic mass is 10.0. The zero-order valence-electron chi connectivity index (χ0n) is 11.8. The van der Waals surface area contributed by atoms with Crippen LogP contribution in [0.4, 0.5) is 5.69 Å². The predicted octanol–water partition coefficient (Wildman–Crippen LogP) is 4.17. The van der Waals surface area contributed by atoms with Crippen molar-refractivity contribution in [1.82, 2.24) is 0 Å². The lowest BCUT2D eigenvalue weighted by Gasteiger charge is -2.14. The van der Waals surface area contributed by atoms with Gasteiger partial charge in [0.05, 0.1) is 7.11 Å². The Morgan fingerprint density at radius 2 is 1.86 bits per heavy atom. The summed E-state index contributed by atoms with van der Waals surface area (Å²) in [6.45, 7) is 0.633. The van der Waals surface area contributed by atoms with Crippen molar-refractivity contribution < 1.29 is 9.84 Å². The van der Waals surface area contributed by atoms with Crippen LogP contribution in [0, 0.1) is 0 Å². The largest absolute Gasteiger partial charge is 0.508 e. The molecule has 0 spiro atoms. The number of hydrogen-bond acceptors (Lipinski definition) is 3. The van der Waals surface area contributed by atoms with Gasteiger partial charge in [-0.05, 0) is 29.0 Å². The van der Waals surface area contributed by atoms with Gasteiger partial charge < -0.3 is 15.2 Å². The van der Waals surface area contributed by atoms with Gasteiger partial charge in [0, 0.05) is 23.9 Å². The van der Waals surface area contributed by atoms with Crippen LogP contribution in [0.2, 0.25) is 0 Å². The van der Waals surface area contributed by atoms with Gasteiger partial charge in [-0.3, -0.25) is 0 Å². The van der Waals surface area contributed by atoms with Gasteiger partial charge >= 0.3 is 0 Å². The molecular weight excluding hydrogens is 262 g/mol. The Morgan fingerprint density at radius 1 is 1.00 bits per heavy atom. The smallest absolute Gasteiger partial charge is 0.124 e. The Hall–Kier alpha value is -2.68. The maximum atomic E-state index is 9.52. The summed E-state index contributed by atoms with van der Waals surface area (Å²) < 4.78 is 5.48. The number of anilines is 1. The van der Waals surface area contributed by atoms with Gasteiger partial charge in [0.2, 0.25) is 0 Å². The molecule has 2 N–H and O–H groups in total. The van der Waals surface area contributed by atoms with E-state index in [0.29, 0.717) is 6.54 Å². The first-order valence-corrected chi connectivity index (χ1v) is 6.85. The fraction of sp³-hybridized carbons (Fsp3) is 0.111. The first-order valence-electron chi connectivity index (χ1n) is 6.85. The fourth-order valence-electron chi connectivity index (χ4n) is 2.50. The zero-order chi connectivity index (χ0) is 14.7. The van der Waals surface area contributed by atoms with Gasteiger partial charge in [0.1, 0.15) is 11.5 Å². The third-order valence-corrected chi connectivity index (χ3v) is 3.53. The topological polar surface area (TPSA) is 41.5 Å². The van der Waals surface area contributed by atoms with E-state index >= 15 is 0 Å². The number of aromatic hydroxyl groups is 1. The number of methoxy groups -OCH3 is 1. The van der Waals surface area contributed by atoms with Gasteiger partial charge in [0.15, 0.2) is 0 Å². The molecule has 3 rings (SSSR count). The number of ether oxygens (including phenoxy) is 1. The van der Waals surface area contributed by atoms with E-state index < -0.39 is 0 Å².